The Morgan fingerprint density at radius 3 is 2.62 bits per heavy atom. The minimum atomic E-state index is -2.95. The summed E-state index contributed by atoms with van der Waals surface area (Å²) in [5.41, 5.74) is 0. The van der Waals surface area contributed by atoms with E-state index in [9.17, 15) is 8.42 Å². The second-order valence-electron chi connectivity index (χ2n) is 5.80. The molecule has 1 fully saturated rings. The van der Waals surface area contributed by atoms with Crippen molar-refractivity contribution in [2.75, 3.05) is 58.1 Å². The van der Waals surface area contributed by atoms with E-state index < -0.39 is 9.84 Å². The lowest BCUT2D eigenvalue weighted by Gasteiger charge is -2.21. The Morgan fingerprint density at radius 1 is 1.29 bits per heavy atom. The molecule has 0 atom stereocenters. The van der Waals surface area contributed by atoms with E-state index in [0.29, 0.717) is 31.6 Å². The van der Waals surface area contributed by atoms with Crippen LogP contribution in [0.15, 0.2) is 4.99 Å². The van der Waals surface area contributed by atoms with Crippen LogP contribution in [0, 0.1) is 5.92 Å². The van der Waals surface area contributed by atoms with Gasteiger partial charge in [-0.2, -0.15) is 0 Å². The normalized spacial score (nSPS) is 16.5. The molecule has 2 N–H and O–H groups in total. The quantitative estimate of drug-likeness (QED) is 0.212. The largest absolute Gasteiger partial charge is 0.381 e. The molecule has 144 valence electrons. The molecule has 0 amide bonds. The number of hydrogen-bond donors (Lipinski definition) is 2. The number of nitrogens with zero attached hydrogens (tertiary/aromatic N) is 1. The molecule has 1 saturated heterocycles. The standard InChI is InChI=1S/C15H31N3O4S.HI/c1-3-16-15(18-8-12-23(2,19)20)17-7-4-9-22-13-14-5-10-21-11-6-14;/h14H,3-13H2,1-2H3,(H2,16,17,18);1H. The van der Waals surface area contributed by atoms with E-state index in [2.05, 4.69) is 15.6 Å². The SMILES string of the molecule is CCNC(=NCCCOCC1CCOCC1)NCCS(C)(=O)=O.I. The summed E-state index contributed by atoms with van der Waals surface area (Å²) in [6.07, 6.45) is 4.26. The molecule has 0 aliphatic carbocycles. The maximum absolute atomic E-state index is 11.1. The fraction of sp³-hybridized carbons (Fsp3) is 0.933. The molecule has 1 rings (SSSR count). The summed E-state index contributed by atoms with van der Waals surface area (Å²) in [6.45, 7) is 6.94. The molecule has 1 heterocycles. The lowest BCUT2D eigenvalue weighted by molar-refractivity contribution is 0.0205. The van der Waals surface area contributed by atoms with Gasteiger partial charge in [0.15, 0.2) is 5.96 Å². The van der Waals surface area contributed by atoms with Gasteiger partial charge in [-0.05, 0) is 32.1 Å². The first-order valence-corrected chi connectivity index (χ1v) is 10.4. The van der Waals surface area contributed by atoms with Crippen molar-refractivity contribution in [2.45, 2.75) is 26.2 Å². The van der Waals surface area contributed by atoms with E-state index in [1.165, 1.54) is 6.26 Å². The highest BCUT2D eigenvalue weighted by Crippen LogP contribution is 2.14. The summed E-state index contributed by atoms with van der Waals surface area (Å²) < 4.78 is 33.2. The van der Waals surface area contributed by atoms with Crippen LogP contribution in [0.2, 0.25) is 0 Å². The maximum atomic E-state index is 11.1. The first-order chi connectivity index (χ1) is 11.0. The highest BCUT2D eigenvalue weighted by Gasteiger charge is 2.13. The minimum Gasteiger partial charge on any atom is -0.381 e. The Morgan fingerprint density at radius 2 is 2.00 bits per heavy atom. The second-order valence-corrected chi connectivity index (χ2v) is 8.06. The van der Waals surface area contributed by atoms with E-state index >= 15 is 0 Å². The summed E-state index contributed by atoms with van der Waals surface area (Å²) in [5, 5.41) is 6.13. The van der Waals surface area contributed by atoms with Crippen LogP contribution in [0.1, 0.15) is 26.2 Å². The van der Waals surface area contributed by atoms with E-state index in [1.807, 2.05) is 6.92 Å². The van der Waals surface area contributed by atoms with Gasteiger partial charge in [0.05, 0.1) is 5.75 Å². The Labute approximate surface area is 163 Å². The van der Waals surface area contributed by atoms with Gasteiger partial charge in [0.1, 0.15) is 9.84 Å². The molecule has 0 aromatic heterocycles. The summed E-state index contributed by atoms with van der Waals surface area (Å²) >= 11 is 0. The smallest absolute Gasteiger partial charge is 0.191 e. The van der Waals surface area contributed by atoms with Gasteiger partial charge in [-0.25, -0.2) is 8.42 Å². The average molecular weight is 477 g/mol. The number of nitrogens with one attached hydrogen (secondary N) is 2. The Hall–Kier alpha value is -0.130. The molecule has 24 heavy (non-hydrogen) atoms. The molecule has 0 radical (unpaired) electrons. The number of guanidine groups is 1. The summed E-state index contributed by atoms with van der Waals surface area (Å²) in [4.78, 5) is 4.42. The van der Waals surface area contributed by atoms with E-state index in [0.717, 1.165) is 45.6 Å². The molecule has 0 unspecified atom stereocenters. The van der Waals surface area contributed by atoms with Gasteiger partial charge in [-0.15, -0.1) is 24.0 Å². The zero-order valence-electron chi connectivity index (χ0n) is 14.8. The fourth-order valence-corrected chi connectivity index (χ4v) is 2.69. The molecule has 0 aromatic rings. The highest BCUT2D eigenvalue weighted by molar-refractivity contribution is 14.0. The van der Waals surface area contributed by atoms with Crippen molar-refractivity contribution < 1.29 is 17.9 Å². The second kappa shape index (κ2) is 14.1. The highest BCUT2D eigenvalue weighted by atomic mass is 127. The Balaban J connectivity index is 0.00000529. The van der Waals surface area contributed by atoms with Gasteiger partial charge in [-0.3, -0.25) is 4.99 Å². The molecule has 0 aromatic carbocycles. The molecule has 9 heteroatoms. The van der Waals surface area contributed by atoms with Crippen LogP contribution in [0.25, 0.3) is 0 Å². The number of sulfone groups is 1. The molecule has 1 aliphatic rings. The van der Waals surface area contributed by atoms with Gasteiger partial charge >= 0.3 is 0 Å². The van der Waals surface area contributed by atoms with Crippen LogP contribution in [0.4, 0.5) is 0 Å². The van der Waals surface area contributed by atoms with Crippen LogP contribution in [0.5, 0.6) is 0 Å². The lowest BCUT2D eigenvalue weighted by Crippen LogP contribution is -2.39. The average Bonchev–Trinajstić information content (AvgIpc) is 2.50. The third-order valence-electron chi connectivity index (χ3n) is 3.52. The summed E-state index contributed by atoms with van der Waals surface area (Å²) in [6, 6.07) is 0. The number of ether oxygens (including phenoxy) is 2. The Bertz CT molecular complexity index is 440. The summed E-state index contributed by atoms with van der Waals surface area (Å²) in [5.74, 6) is 1.38. The topological polar surface area (TPSA) is 89.0 Å². The summed E-state index contributed by atoms with van der Waals surface area (Å²) in [7, 11) is -2.95. The Kier molecular flexibility index (Phi) is 14.0. The third-order valence-corrected chi connectivity index (χ3v) is 4.47. The van der Waals surface area contributed by atoms with E-state index in [-0.39, 0.29) is 29.7 Å². The fourth-order valence-electron chi connectivity index (χ4n) is 2.22. The predicted octanol–water partition coefficient (Wildman–Crippen LogP) is 1.04. The van der Waals surface area contributed by atoms with Gasteiger partial charge in [0.2, 0.25) is 0 Å². The maximum Gasteiger partial charge on any atom is 0.191 e. The van der Waals surface area contributed by atoms with Crippen molar-refractivity contribution in [3.63, 3.8) is 0 Å². The predicted molar refractivity (Wildman–Crippen MR) is 108 cm³/mol. The zero-order valence-corrected chi connectivity index (χ0v) is 17.9. The molecule has 7 nitrogen and oxygen atoms in total. The molecule has 1 aliphatic heterocycles. The lowest BCUT2D eigenvalue weighted by atomic mass is 10.0. The van der Waals surface area contributed by atoms with Gasteiger partial charge in [-0.1, -0.05) is 0 Å². The van der Waals surface area contributed by atoms with Crippen LogP contribution < -0.4 is 10.6 Å². The van der Waals surface area contributed by atoms with Crippen molar-refractivity contribution in [3.8, 4) is 0 Å². The van der Waals surface area contributed by atoms with Gasteiger partial charge in [0.25, 0.3) is 0 Å². The zero-order chi connectivity index (χ0) is 17.0. The minimum absolute atomic E-state index is 0. The van der Waals surface area contributed by atoms with Crippen LogP contribution in [0.3, 0.4) is 0 Å². The van der Waals surface area contributed by atoms with Gasteiger partial charge in [0, 0.05) is 52.3 Å². The molecule has 0 spiro atoms. The van der Waals surface area contributed by atoms with Gasteiger partial charge < -0.3 is 20.1 Å². The molecule has 0 saturated carbocycles. The number of rotatable bonds is 10. The number of aliphatic imine (C=N–C) groups is 1. The van der Waals surface area contributed by atoms with Crippen molar-refractivity contribution >= 4 is 39.8 Å². The first kappa shape index (κ1) is 23.9. The number of hydrogen-bond acceptors (Lipinski definition) is 5. The van der Waals surface area contributed by atoms with E-state index in [4.69, 9.17) is 9.47 Å². The van der Waals surface area contributed by atoms with Crippen molar-refractivity contribution in [1.29, 1.82) is 0 Å². The molecular formula is C15H32IN3O4S. The van der Waals surface area contributed by atoms with Crippen molar-refractivity contribution in [3.05, 3.63) is 0 Å². The third kappa shape index (κ3) is 13.2. The van der Waals surface area contributed by atoms with Crippen molar-refractivity contribution in [1.82, 2.24) is 10.6 Å². The first-order valence-electron chi connectivity index (χ1n) is 8.36. The van der Waals surface area contributed by atoms with Crippen LogP contribution >= 0.6 is 24.0 Å². The van der Waals surface area contributed by atoms with Crippen molar-refractivity contribution in [2.24, 2.45) is 10.9 Å². The van der Waals surface area contributed by atoms with Crippen LogP contribution in [-0.4, -0.2) is 72.4 Å². The molecule has 0 bridgehead atoms. The number of halogens is 1. The van der Waals surface area contributed by atoms with E-state index in [1.54, 1.807) is 0 Å². The van der Waals surface area contributed by atoms with Crippen LogP contribution in [-0.2, 0) is 19.3 Å². The monoisotopic (exact) mass is 477 g/mol. The molecular weight excluding hydrogens is 445 g/mol.